The molecule has 0 aromatic heterocycles. The zero-order chi connectivity index (χ0) is 12.8. The Kier molecular flexibility index (Phi) is 4.47. The lowest BCUT2D eigenvalue weighted by Crippen LogP contribution is -2.41. The van der Waals surface area contributed by atoms with Crippen molar-refractivity contribution in [1.29, 1.82) is 0 Å². The van der Waals surface area contributed by atoms with E-state index in [1.165, 1.54) is 6.92 Å². The average Bonchev–Trinajstić information content (AvgIpc) is 2.28. The number of amides is 3. The van der Waals surface area contributed by atoms with Crippen molar-refractivity contribution in [2.24, 2.45) is 5.73 Å². The number of carbonyl (C=O) groups excluding carboxylic acids is 2. The molecule has 3 amide bonds. The molecule has 0 aliphatic carbocycles. The van der Waals surface area contributed by atoms with E-state index >= 15 is 0 Å². The second-order valence-corrected chi connectivity index (χ2v) is 3.51. The molecule has 0 bridgehead atoms. The number of nitrogens with two attached hydrogens (primary N) is 2. The van der Waals surface area contributed by atoms with Gasteiger partial charge in [-0.2, -0.15) is 0 Å². The van der Waals surface area contributed by atoms with E-state index in [2.05, 4.69) is 5.32 Å². The van der Waals surface area contributed by atoms with Crippen LogP contribution in [0.1, 0.15) is 6.92 Å². The first-order chi connectivity index (χ1) is 8.04. The van der Waals surface area contributed by atoms with Crippen LogP contribution in [-0.2, 0) is 4.79 Å². The maximum Gasteiger partial charge on any atom is 0.328 e. The topological polar surface area (TPSA) is 101 Å². The lowest BCUT2D eigenvalue weighted by atomic mass is 10.3. The Morgan fingerprint density at radius 2 is 1.88 bits per heavy atom. The first kappa shape index (κ1) is 13.0. The van der Waals surface area contributed by atoms with E-state index in [4.69, 9.17) is 11.5 Å². The standard InChI is InChI=1S/C11H16N4O2/c1-8(16)15(7-6-12)11(17)14-10-4-2-9(13)3-5-10/h2-5H,6-7,12-13H2,1H3,(H,14,17). The van der Waals surface area contributed by atoms with Crippen molar-refractivity contribution < 1.29 is 9.59 Å². The number of hydrogen-bond donors (Lipinski definition) is 3. The summed E-state index contributed by atoms with van der Waals surface area (Å²) in [6.07, 6.45) is 0. The Bertz CT molecular complexity index is 402. The molecule has 5 N–H and O–H groups in total. The lowest BCUT2D eigenvalue weighted by Gasteiger charge is -2.18. The SMILES string of the molecule is CC(=O)N(CCN)C(=O)Nc1ccc(N)cc1. The highest BCUT2D eigenvalue weighted by atomic mass is 16.2. The van der Waals surface area contributed by atoms with Crippen molar-refractivity contribution in [1.82, 2.24) is 4.90 Å². The molecule has 0 aliphatic rings. The molecule has 0 saturated heterocycles. The lowest BCUT2D eigenvalue weighted by molar-refractivity contribution is -0.125. The van der Waals surface area contributed by atoms with Gasteiger partial charge in [0.2, 0.25) is 5.91 Å². The zero-order valence-electron chi connectivity index (χ0n) is 9.64. The molecule has 0 aliphatic heterocycles. The Balaban J connectivity index is 2.69. The number of carbonyl (C=O) groups is 2. The fourth-order valence-electron chi connectivity index (χ4n) is 1.29. The maximum absolute atomic E-state index is 11.7. The van der Waals surface area contributed by atoms with Crippen LogP contribution >= 0.6 is 0 Å². The highest BCUT2D eigenvalue weighted by Crippen LogP contribution is 2.11. The molecule has 0 fully saturated rings. The molecule has 1 aromatic rings. The van der Waals surface area contributed by atoms with E-state index in [1.807, 2.05) is 0 Å². The number of urea groups is 1. The van der Waals surface area contributed by atoms with E-state index < -0.39 is 6.03 Å². The summed E-state index contributed by atoms with van der Waals surface area (Å²) in [6.45, 7) is 1.74. The van der Waals surface area contributed by atoms with Gasteiger partial charge in [0.25, 0.3) is 0 Å². The third-order valence-electron chi connectivity index (χ3n) is 2.14. The molecule has 92 valence electrons. The van der Waals surface area contributed by atoms with Gasteiger partial charge in [0.1, 0.15) is 0 Å². The second kappa shape index (κ2) is 5.86. The van der Waals surface area contributed by atoms with Crippen LogP contribution in [0.3, 0.4) is 0 Å². The van der Waals surface area contributed by atoms with E-state index in [-0.39, 0.29) is 19.0 Å². The van der Waals surface area contributed by atoms with Crippen molar-refractivity contribution in [2.75, 3.05) is 24.1 Å². The number of imide groups is 1. The summed E-state index contributed by atoms with van der Waals surface area (Å²) in [5.41, 5.74) is 12.0. The fraction of sp³-hybridized carbons (Fsp3) is 0.273. The minimum Gasteiger partial charge on any atom is -0.399 e. The van der Waals surface area contributed by atoms with Gasteiger partial charge in [0.05, 0.1) is 0 Å². The van der Waals surface area contributed by atoms with Crippen LogP contribution in [0, 0.1) is 0 Å². The third kappa shape index (κ3) is 3.76. The quantitative estimate of drug-likeness (QED) is 0.669. The summed E-state index contributed by atoms with van der Waals surface area (Å²) in [6, 6.07) is 6.16. The normalized spacial score (nSPS) is 9.76. The van der Waals surface area contributed by atoms with Crippen molar-refractivity contribution >= 4 is 23.3 Å². The van der Waals surface area contributed by atoms with E-state index in [1.54, 1.807) is 24.3 Å². The van der Waals surface area contributed by atoms with Crippen molar-refractivity contribution in [3.63, 3.8) is 0 Å². The third-order valence-corrected chi connectivity index (χ3v) is 2.14. The average molecular weight is 236 g/mol. The van der Waals surface area contributed by atoms with E-state index in [0.29, 0.717) is 11.4 Å². The second-order valence-electron chi connectivity index (χ2n) is 3.51. The minimum atomic E-state index is -0.493. The molecular formula is C11H16N4O2. The number of nitrogen functional groups attached to an aromatic ring is 1. The smallest absolute Gasteiger partial charge is 0.328 e. The monoisotopic (exact) mass is 236 g/mol. The van der Waals surface area contributed by atoms with Crippen LogP contribution in [0.15, 0.2) is 24.3 Å². The van der Waals surface area contributed by atoms with Gasteiger partial charge in [-0.25, -0.2) is 4.79 Å². The van der Waals surface area contributed by atoms with E-state index in [9.17, 15) is 9.59 Å². The molecule has 6 heteroatoms. The highest BCUT2D eigenvalue weighted by molar-refractivity contribution is 6.00. The van der Waals surface area contributed by atoms with Crippen molar-refractivity contribution in [3.05, 3.63) is 24.3 Å². The molecule has 0 unspecified atom stereocenters. The number of benzene rings is 1. The molecule has 0 heterocycles. The Labute approximate surface area is 99.6 Å². The summed E-state index contributed by atoms with van der Waals surface area (Å²) in [5, 5.41) is 2.59. The first-order valence-electron chi connectivity index (χ1n) is 5.19. The Hall–Kier alpha value is -2.08. The Morgan fingerprint density at radius 1 is 1.29 bits per heavy atom. The fourth-order valence-corrected chi connectivity index (χ4v) is 1.29. The maximum atomic E-state index is 11.7. The largest absolute Gasteiger partial charge is 0.399 e. The van der Waals surface area contributed by atoms with Crippen molar-refractivity contribution in [3.8, 4) is 0 Å². The summed E-state index contributed by atoms with van der Waals surface area (Å²) >= 11 is 0. The van der Waals surface area contributed by atoms with Gasteiger partial charge < -0.3 is 16.8 Å². The summed E-state index contributed by atoms with van der Waals surface area (Å²) < 4.78 is 0. The first-order valence-corrected chi connectivity index (χ1v) is 5.19. The van der Waals surface area contributed by atoms with Crippen LogP contribution in [0.5, 0.6) is 0 Å². The minimum absolute atomic E-state index is 0.191. The molecule has 6 nitrogen and oxygen atoms in total. The summed E-state index contributed by atoms with van der Waals surface area (Å²) in [7, 11) is 0. The molecular weight excluding hydrogens is 220 g/mol. The molecule has 17 heavy (non-hydrogen) atoms. The molecule has 0 spiro atoms. The molecule has 0 atom stereocenters. The van der Waals surface area contributed by atoms with Crippen molar-refractivity contribution in [2.45, 2.75) is 6.92 Å². The molecule has 0 radical (unpaired) electrons. The molecule has 1 rings (SSSR count). The summed E-state index contributed by atoms with van der Waals surface area (Å²) in [5.74, 6) is -0.344. The number of hydrogen-bond acceptors (Lipinski definition) is 4. The zero-order valence-corrected chi connectivity index (χ0v) is 9.64. The van der Waals surface area contributed by atoms with Gasteiger partial charge in [-0.3, -0.25) is 9.69 Å². The van der Waals surface area contributed by atoms with Gasteiger partial charge >= 0.3 is 6.03 Å². The van der Waals surface area contributed by atoms with Gasteiger partial charge in [-0.05, 0) is 24.3 Å². The van der Waals surface area contributed by atoms with Crippen LogP contribution in [0.25, 0.3) is 0 Å². The predicted octanol–water partition coefficient (Wildman–Crippen LogP) is 0.608. The molecule has 1 aromatic carbocycles. The number of rotatable bonds is 3. The van der Waals surface area contributed by atoms with Gasteiger partial charge in [0.15, 0.2) is 0 Å². The van der Waals surface area contributed by atoms with Crippen LogP contribution in [0.4, 0.5) is 16.2 Å². The number of nitrogens with one attached hydrogen (secondary N) is 1. The predicted molar refractivity (Wildman–Crippen MR) is 66.3 cm³/mol. The molecule has 0 saturated carbocycles. The van der Waals surface area contributed by atoms with Crippen LogP contribution < -0.4 is 16.8 Å². The van der Waals surface area contributed by atoms with Gasteiger partial charge in [-0.1, -0.05) is 0 Å². The van der Waals surface area contributed by atoms with E-state index in [0.717, 1.165) is 4.90 Å². The highest BCUT2D eigenvalue weighted by Gasteiger charge is 2.16. The van der Waals surface area contributed by atoms with Gasteiger partial charge in [-0.15, -0.1) is 0 Å². The Morgan fingerprint density at radius 3 is 2.35 bits per heavy atom. The summed E-state index contributed by atoms with van der Waals surface area (Å²) in [4.78, 5) is 24.0. The van der Waals surface area contributed by atoms with Crippen LogP contribution in [-0.4, -0.2) is 29.9 Å². The van der Waals surface area contributed by atoms with Gasteiger partial charge in [0, 0.05) is 31.4 Å². The number of nitrogens with zero attached hydrogens (tertiary/aromatic N) is 1. The van der Waals surface area contributed by atoms with Crippen LogP contribution in [0.2, 0.25) is 0 Å². The number of anilines is 2.